The normalized spacial score (nSPS) is 9.21. The molecule has 0 radical (unpaired) electrons. The van der Waals surface area contributed by atoms with Crippen LogP contribution in [0, 0.1) is 5.92 Å². The number of hydrogen-bond acceptors (Lipinski definition) is 1. The summed E-state index contributed by atoms with van der Waals surface area (Å²) < 4.78 is 0. The summed E-state index contributed by atoms with van der Waals surface area (Å²) in [6.45, 7) is 8.11. The van der Waals surface area contributed by atoms with E-state index in [4.69, 9.17) is 0 Å². The average Bonchev–Trinajstić information content (AvgIpc) is 2.21. The fourth-order valence-electron chi connectivity index (χ4n) is 1.11. The van der Waals surface area contributed by atoms with Crippen LogP contribution in [-0.2, 0) is 0 Å². The Balaban J connectivity index is 0.000000791. The van der Waals surface area contributed by atoms with Crippen molar-refractivity contribution in [2.75, 3.05) is 0 Å². The van der Waals surface area contributed by atoms with E-state index in [0.717, 1.165) is 5.56 Å². The van der Waals surface area contributed by atoms with Crippen LogP contribution in [0.2, 0.25) is 0 Å². The van der Waals surface area contributed by atoms with Gasteiger partial charge in [0.2, 0.25) is 0 Å². The predicted octanol–water partition coefficient (Wildman–Crippen LogP) is 3.94. The standard InChI is InChI=1S/C11H14O.C2H6/c1-9(2)8-11(12)10-6-4-3-5-7-10;1-2/h3-7,9H,8H2,1-2H3;1-2H3. The van der Waals surface area contributed by atoms with Crippen molar-refractivity contribution in [3.63, 3.8) is 0 Å². The van der Waals surface area contributed by atoms with Crippen molar-refractivity contribution < 1.29 is 4.79 Å². The zero-order valence-corrected chi connectivity index (χ0v) is 9.58. The summed E-state index contributed by atoms with van der Waals surface area (Å²) in [6.07, 6.45) is 0.643. The second-order valence-corrected chi connectivity index (χ2v) is 3.39. The minimum absolute atomic E-state index is 0.241. The molecule has 0 aliphatic carbocycles. The van der Waals surface area contributed by atoms with Crippen LogP contribution in [0.25, 0.3) is 0 Å². The van der Waals surface area contributed by atoms with Crippen LogP contribution in [0.5, 0.6) is 0 Å². The molecule has 0 aliphatic rings. The minimum atomic E-state index is 0.241. The molecule has 1 aromatic rings. The van der Waals surface area contributed by atoms with Gasteiger partial charge < -0.3 is 0 Å². The molecule has 0 unspecified atom stereocenters. The molecule has 14 heavy (non-hydrogen) atoms. The fraction of sp³-hybridized carbons (Fsp3) is 0.462. The van der Waals surface area contributed by atoms with Crippen molar-refractivity contribution in [3.05, 3.63) is 35.9 Å². The van der Waals surface area contributed by atoms with Crippen LogP contribution in [0.15, 0.2) is 30.3 Å². The Bertz CT molecular complexity index is 249. The van der Waals surface area contributed by atoms with Crippen LogP contribution in [-0.4, -0.2) is 5.78 Å². The molecule has 0 heterocycles. The molecule has 1 aromatic carbocycles. The summed E-state index contributed by atoms with van der Waals surface area (Å²) in [7, 11) is 0. The van der Waals surface area contributed by atoms with Gasteiger partial charge in [-0.05, 0) is 5.92 Å². The van der Waals surface area contributed by atoms with Crippen molar-refractivity contribution in [2.24, 2.45) is 5.92 Å². The third-order valence-corrected chi connectivity index (χ3v) is 1.69. The highest BCUT2D eigenvalue weighted by atomic mass is 16.1. The quantitative estimate of drug-likeness (QED) is 0.663. The zero-order valence-electron chi connectivity index (χ0n) is 9.58. The van der Waals surface area contributed by atoms with Gasteiger partial charge in [-0.1, -0.05) is 58.0 Å². The Kier molecular flexibility index (Phi) is 6.73. The maximum absolute atomic E-state index is 11.5. The van der Waals surface area contributed by atoms with E-state index < -0.39 is 0 Å². The number of carbonyl (C=O) groups excluding carboxylic acids is 1. The molecule has 0 saturated carbocycles. The van der Waals surface area contributed by atoms with Gasteiger partial charge in [0.05, 0.1) is 0 Å². The van der Waals surface area contributed by atoms with E-state index in [-0.39, 0.29) is 5.78 Å². The summed E-state index contributed by atoms with van der Waals surface area (Å²) in [5, 5.41) is 0. The number of benzene rings is 1. The SMILES string of the molecule is CC.CC(C)CC(=O)c1ccccc1. The summed E-state index contributed by atoms with van der Waals surface area (Å²) in [5.41, 5.74) is 0.825. The first kappa shape index (κ1) is 12.9. The highest BCUT2D eigenvalue weighted by molar-refractivity contribution is 5.96. The number of hydrogen-bond donors (Lipinski definition) is 0. The van der Waals surface area contributed by atoms with E-state index in [1.807, 2.05) is 44.2 Å². The fourth-order valence-corrected chi connectivity index (χ4v) is 1.11. The second-order valence-electron chi connectivity index (χ2n) is 3.39. The van der Waals surface area contributed by atoms with Gasteiger partial charge in [0.25, 0.3) is 0 Å². The molecule has 1 heteroatoms. The lowest BCUT2D eigenvalue weighted by atomic mass is 10.0. The Morgan fingerprint density at radius 3 is 2.07 bits per heavy atom. The second kappa shape index (κ2) is 7.31. The molecular formula is C13H20O. The maximum atomic E-state index is 11.5. The van der Waals surface area contributed by atoms with Crippen molar-refractivity contribution in [2.45, 2.75) is 34.1 Å². The van der Waals surface area contributed by atoms with Crippen LogP contribution >= 0.6 is 0 Å². The Hall–Kier alpha value is -1.11. The summed E-state index contributed by atoms with van der Waals surface area (Å²) >= 11 is 0. The van der Waals surface area contributed by atoms with E-state index in [1.54, 1.807) is 0 Å². The van der Waals surface area contributed by atoms with Gasteiger partial charge in [0.15, 0.2) is 5.78 Å². The Morgan fingerprint density at radius 1 is 1.14 bits per heavy atom. The van der Waals surface area contributed by atoms with E-state index in [0.29, 0.717) is 12.3 Å². The molecule has 0 N–H and O–H groups in total. The topological polar surface area (TPSA) is 17.1 Å². The molecule has 0 amide bonds. The lowest BCUT2D eigenvalue weighted by Crippen LogP contribution is -2.02. The van der Waals surface area contributed by atoms with E-state index in [9.17, 15) is 4.79 Å². The molecule has 0 saturated heterocycles. The molecule has 0 bridgehead atoms. The van der Waals surface area contributed by atoms with Crippen molar-refractivity contribution in [3.8, 4) is 0 Å². The van der Waals surface area contributed by atoms with Gasteiger partial charge in [-0.3, -0.25) is 4.79 Å². The first-order valence-electron chi connectivity index (χ1n) is 5.28. The van der Waals surface area contributed by atoms with Crippen molar-refractivity contribution in [1.29, 1.82) is 0 Å². The number of carbonyl (C=O) groups is 1. The summed E-state index contributed by atoms with van der Waals surface area (Å²) in [4.78, 5) is 11.5. The largest absolute Gasteiger partial charge is 0.294 e. The van der Waals surface area contributed by atoms with E-state index in [1.165, 1.54) is 0 Å². The third kappa shape index (κ3) is 4.80. The highest BCUT2D eigenvalue weighted by Crippen LogP contribution is 2.08. The molecule has 0 aliphatic heterocycles. The molecule has 1 nitrogen and oxygen atoms in total. The van der Waals surface area contributed by atoms with Crippen LogP contribution in [0.4, 0.5) is 0 Å². The molecular weight excluding hydrogens is 172 g/mol. The number of rotatable bonds is 3. The first-order chi connectivity index (χ1) is 6.70. The smallest absolute Gasteiger partial charge is 0.163 e. The monoisotopic (exact) mass is 192 g/mol. The molecule has 0 fully saturated rings. The van der Waals surface area contributed by atoms with Gasteiger partial charge >= 0.3 is 0 Å². The molecule has 0 atom stereocenters. The zero-order chi connectivity index (χ0) is 11.0. The summed E-state index contributed by atoms with van der Waals surface area (Å²) in [6, 6.07) is 9.45. The highest BCUT2D eigenvalue weighted by Gasteiger charge is 2.06. The van der Waals surface area contributed by atoms with E-state index >= 15 is 0 Å². The van der Waals surface area contributed by atoms with Gasteiger partial charge in [0, 0.05) is 12.0 Å². The Morgan fingerprint density at radius 2 is 1.64 bits per heavy atom. The number of ketones is 1. The Labute approximate surface area is 87.2 Å². The molecule has 78 valence electrons. The summed E-state index contributed by atoms with van der Waals surface area (Å²) in [5.74, 6) is 0.684. The maximum Gasteiger partial charge on any atom is 0.163 e. The lowest BCUT2D eigenvalue weighted by molar-refractivity contribution is 0.0968. The molecule has 0 spiro atoms. The van der Waals surface area contributed by atoms with Crippen LogP contribution in [0.1, 0.15) is 44.5 Å². The molecule has 0 aromatic heterocycles. The van der Waals surface area contributed by atoms with Crippen molar-refractivity contribution in [1.82, 2.24) is 0 Å². The van der Waals surface area contributed by atoms with Crippen LogP contribution < -0.4 is 0 Å². The van der Waals surface area contributed by atoms with Gasteiger partial charge in [0.1, 0.15) is 0 Å². The van der Waals surface area contributed by atoms with Gasteiger partial charge in [-0.15, -0.1) is 0 Å². The van der Waals surface area contributed by atoms with Gasteiger partial charge in [-0.2, -0.15) is 0 Å². The average molecular weight is 192 g/mol. The minimum Gasteiger partial charge on any atom is -0.294 e. The molecule has 1 rings (SSSR count). The van der Waals surface area contributed by atoms with Gasteiger partial charge in [-0.25, -0.2) is 0 Å². The van der Waals surface area contributed by atoms with Crippen LogP contribution in [0.3, 0.4) is 0 Å². The lowest BCUT2D eigenvalue weighted by Gasteiger charge is -2.02. The first-order valence-corrected chi connectivity index (χ1v) is 5.28. The van der Waals surface area contributed by atoms with Crippen molar-refractivity contribution >= 4 is 5.78 Å². The van der Waals surface area contributed by atoms with E-state index in [2.05, 4.69) is 13.8 Å². The number of Topliss-reactive ketones (excluding diaryl/α,β-unsaturated/α-hetero) is 1. The predicted molar refractivity (Wildman–Crippen MR) is 61.6 cm³/mol. The third-order valence-electron chi connectivity index (χ3n) is 1.69.